The van der Waals surface area contributed by atoms with Crippen LogP contribution < -0.4 is 5.32 Å². The summed E-state index contributed by atoms with van der Waals surface area (Å²) < 4.78 is 4.01. The van der Waals surface area contributed by atoms with Gasteiger partial charge in [-0.25, -0.2) is 9.67 Å². The summed E-state index contributed by atoms with van der Waals surface area (Å²) in [6, 6.07) is 8.09. The Kier molecular flexibility index (Phi) is 5.48. The number of fused-ring (bicyclic) bond motifs is 1. The van der Waals surface area contributed by atoms with Crippen LogP contribution in [0.1, 0.15) is 48.7 Å². The molecule has 3 heterocycles. The number of halogens is 1. The van der Waals surface area contributed by atoms with Gasteiger partial charge < -0.3 is 9.88 Å². The first-order valence-electron chi connectivity index (χ1n) is 9.73. The summed E-state index contributed by atoms with van der Waals surface area (Å²) >= 11 is 6.22. The quantitative estimate of drug-likeness (QED) is 0.654. The van der Waals surface area contributed by atoms with E-state index in [-0.39, 0.29) is 5.92 Å². The number of imidazole rings is 1. The van der Waals surface area contributed by atoms with Crippen LogP contribution in [0.2, 0.25) is 5.02 Å². The van der Waals surface area contributed by atoms with E-state index >= 15 is 0 Å². The summed E-state index contributed by atoms with van der Waals surface area (Å²) in [4.78, 5) is 9.07. The number of nitrogens with one attached hydrogen (secondary N) is 1. The molecule has 0 bridgehead atoms. The molecule has 7 heteroatoms. The third kappa shape index (κ3) is 4.12. The lowest BCUT2D eigenvalue weighted by Gasteiger charge is -2.14. The standard InChI is InChI=1S/C21H25ClN6/c1-15-13-27(14-24-15)16(2)9-10-23-21-25-20-19(8-3-4-11-28(20)26-21)17-6-5-7-18(22)12-17/h5-7,12-14,19H,2-4,8-11H2,1H3,(H,23,26). The monoisotopic (exact) mass is 396 g/mol. The van der Waals surface area contributed by atoms with E-state index in [1.807, 2.05) is 35.9 Å². The van der Waals surface area contributed by atoms with Crippen LogP contribution in [0, 0.1) is 6.92 Å². The zero-order valence-electron chi connectivity index (χ0n) is 16.1. The van der Waals surface area contributed by atoms with Crippen LogP contribution in [-0.2, 0) is 6.54 Å². The molecule has 3 aromatic rings. The van der Waals surface area contributed by atoms with Crippen LogP contribution in [0.5, 0.6) is 0 Å². The van der Waals surface area contributed by atoms with Crippen molar-refractivity contribution in [2.24, 2.45) is 0 Å². The maximum absolute atomic E-state index is 6.22. The Balaban J connectivity index is 1.45. The summed E-state index contributed by atoms with van der Waals surface area (Å²) in [5, 5.41) is 8.81. The molecule has 2 aromatic heterocycles. The molecule has 1 unspecified atom stereocenters. The van der Waals surface area contributed by atoms with Gasteiger partial charge in [0.25, 0.3) is 0 Å². The fourth-order valence-electron chi connectivity index (χ4n) is 3.67. The van der Waals surface area contributed by atoms with E-state index in [4.69, 9.17) is 21.7 Å². The second kappa shape index (κ2) is 8.19. The maximum Gasteiger partial charge on any atom is 0.242 e. The van der Waals surface area contributed by atoms with E-state index in [1.54, 1.807) is 6.33 Å². The van der Waals surface area contributed by atoms with Gasteiger partial charge in [0.1, 0.15) is 5.82 Å². The van der Waals surface area contributed by atoms with E-state index in [1.165, 1.54) is 5.56 Å². The van der Waals surface area contributed by atoms with E-state index < -0.39 is 0 Å². The molecule has 1 aliphatic rings. The van der Waals surface area contributed by atoms with Crippen LogP contribution in [0.25, 0.3) is 5.70 Å². The van der Waals surface area contributed by atoms with Crippen molar-refractivity contribution in [2.45, 2.75) is 45.1 Å². The normalized spacial score (nSPS) is 16.4. The Morgan fingerprint density at radius 2 is 2.25 bits per heavy atom. The van der Waals surface area contributed by atoms with Crippen LogP contribution in [0.4, 0.5) is 5.95 Å². The average molecular weight is 397 g/mol. The SMILES string of the molecule is C=C(CCNc1nc2n(n1)CCCCC2c1cccc(Cl)c1)n1cnc(C)c1. The predicted molar refractivity (Wildman–Crippen MR) is 113 cm³/mol. The van der Waals surface area contributed by atoms with Crippen molar-refractivity contribution in [3.63, 3.8) is 0 Å². The van der Waals surface area contributed by atoms with Crippen molar-refractivity contribution in [2.75, 3.05) is 11.9 Å². The molecular weight excluding hydrogens is 372 g/mol. The van der Waals surface area contributed by atoms with Crippen molar-refractivity contribution in [3.05, 3.63) is 65.5 Å². The van der Waals surface area contributed by atoms with Crippen LogP contribution in [0.15, 0.2) is 43.4 Å². The van der Waals surface area contributed by atoms with Gasteiger partial charge in [0.2, 0.25) is 5.95 Å². The summed E-state index contributed by atoms with van der Waals surface area (Å²) in [5.74, 6) is 1.93. The van der Waals surface area contributed by atoms with Crippen LogP contribution in [0.3, 0.4) is 0 Å². The van der Waals surface area contributed by atoms with Crippen molar-refractivity contribution in [3.8, 4) is 0 Å². The largest absolute Gasteiger partial charge is 0.353 e. The number of anilines is 1. The zero-order valence-corrected chi connectivity index (χ0v) is 16.9. The van der Waals surface area contributed by atoms with Gasteiger partial charge in [-0.2, -0.15) is 4.98 Å². The first-order chi connectivity index (χ1) is 13.6. The highest BCUT2D eigenvalue weighted by Gasteiger charge is 2.24. The minimum absolute atomic E-state index is 0.230. The highest BCUT2D eigenvalue weighted by atomic mass is 35.5. The van der Waals surface area contributed by atoms with Gasteiger partial charge in [-0.15, -0.1) is 5.10 Å². The molecule has 0 spiro atoms. The Morgan fingerprint density at radius 3 is 3.04 bits per heavy atom. The third-order valence-corrected chi connectivity index (χ3v) is 5.38. The first kappa shape index (κ1) is 18.7. The number of rotatable bonds is 6. The number of hydrogen-bond donors (Lipinski definition) is 1. The molecule has 1 aliphatic heterocycles. The van der Waals surface area contributed by atoms with Crippen molar-refractivity contribution in [1.29, 1.82) is 0 Å². The minimum atomic E-state index is 0.230. The zero-order chi connectivity index (χ0) is 19.5. The molecule has 1 aromatic carbocycles. The Morgan fingerprint density at radius 1 is 1.36 bits per heavy atom. The van der Waals surface area contributed by atoms with E-state index in [0.29, 0.717) is 5.95 Å². The van der Waals surface area contributed by atoms with E-state index in [0.717, 1.165) is 61.0 Å². The molecular formula is C21H25ClN6. The van der Waals surface area contributed by atoms with E-state index in [9.17, 15) is 0 Å². The fourth-order valence-corrected chi connectivity index (χ4v) is 3.87. The Labute approximate surface area is 170 Å². The predicted octanol–water partition coefficient (Wildman–Crippen LogP) is 4.73. The molecule has 0 radical (unpaired) electrons. The highest BCUT2D eigenvalue weighted by molar-refractivity contribution is 6.30. The lowest BCUT2D eigenvalue weighted by molar-refractivity contribution is 0.575. The molecule has 0 saturated heterocycles. The minimum Gasteiger partial charge on any atom is -0.353 e. The average Bonchev–Trinajstić information content (AvgIpc) is 3.23. The van der Waals surface area contributed by atoms with Crippen LogP contribution in [-0.4, -0.2) is 30.9 Å². The number of nitrogens with zero attached hydrogens (tertiary/aromatic N) is 5. The molecule has 1 atom stereocenters. The van der Waals surface area contributed by atoms with Gasteiger partial charge >= 0.3 is 0 Å². The number of benzene rings is 1. The molecule has 1 N–H and O–H groups in total. The molecule has 146 valence electrons. The summed E-state index contributed by atoms with van der Waals surface area (Å²) in [6.07, 6.45) is 7.91. The molecule has 6 nitrogen and oxygen atoms in total. The summed E-state index contributed by atoms with van der Waals surface area (Å²) in [5.41, 5.74) is 3.19. The third-order valence-electron chi connectivity index (χ3n) is 5.15. The Bertz CT molecular complexity index is 973. The molecule has 0 saturated carbocycles. The van der Waals surface area contributed by atoms with Gasteiger partial charge in [-0.1, -0.05) is 36.7 Å². The number of aryl methyl sites for hydroxylation is 2. The van der Waals surface area contributed by atoms with Gasteiger partial charge in [-0.3, -0.25) is 0 Å². The summed E-state index contributed by atoms with van der Waals surface area (Å²) in [7, 11) is 0. The van der Waals surface area contributed by atoms with Gasteiger partial charge in [0, 0.05) is 42.3 Å². The fraction of sp³-hybridized carbons (Fsp3) is 0.381. The van der Waals surface area contributed by atoms with Crippen molar-refractivity contribution >= 4 is 23.2 Å². The molecule has 0 fully saturated rings. The topological polar surface area (TPSA) is 60.6 Å². The van der Waals surface area contributed by atoms with Gasteiger partial charge in [0.15, 0.2) is 0 Å². The lowest BCUT2D eigenvalue weighted by atomic mass is 9.94. The summed E-state index contributed by atoms with van der Waals surface area (Å²) in [6.45, 7) is 7.73. The van der Waals surface area contributed by atoms with Gasteiger partial charge in [0.05, 0.1) is 12.0 Å². The Hall–Kier alpha value is -2.60. The second-order valence-corrected chi connectivity index (χ2v) is 7.72. The molecule has 0 amide bonds. The molecule has 0 aliphatic carbocycles. The van der Waals surface area contributed by atoms with Crippen molar-refractivity contribution in [1.82, 2.24) is 24.3 Å². The smallest absolute Gasteiger partial charge is 0.242 e. The van der Waals surface area contributed by atoms with Crippen LogP contribution >= 0.6 is 11.6 Å². The highest BCUT2D eigenvalue weighted by Crippen LogP contribution is 2.33. The first-order valence-corrected chi connectivity index (χ1v) is 10.1. The maximum atomic E-state index is 6.22. The molecule has 4 rings (SSSR count). The molecule has 28 heavy (non-hydrogen) atoms. The second-order valence-electron chi connectivity index (χ2n) is 7.29. The number of aromatic nitrogens is 5. The van der Waals surface area contributed by atoms with Crippen molar-refractivity contribution < 1.29 is 0 Å². The lowest BCUT2D eigenvalue weighted by Crippen LogP contribution is -2.08. The number of hydrogen-bond acceptors (Lipinski definition) is 4. The van der Waals surface area contributed by atoms with Gasteiger partial charge in [-0.05, 0) is 37.5 Å². The van der Waals surface area contributed by atoms with E-state index in [2.05, 4.69) is 27.6 Å².